The largest absolute Gasteiger partial charge is 0.496 e. The second-order valence-corrected chi connectivity index (χ2v) is 8.27. The van der Waals surface area contributed by atoms with Crippen LogP contribution in [0.3, 0.4) is 0 Å². The second kappa shape index (κ2) is 9.24. The van der Waals surface area contributed by atoms with E-state index in [0.29, 0.717) is 54.8 Å². The Kier molecular flexibility index (Phi) is 6.95. The van der Waals surface area contributed by atoms with Gasteiger partial charge >= 0.3 is 12.1 Å². The Balaban J connectivity index is 1.86. The smallest absolute Gasteiger partial charge is 0.417 e. The van der Waals surface area contributed by atoms with Gasteiger partial charge in [0.2, 0.25) is 0 Å². The number of esters is 1. The molecule has 1 aromatic rings. The fourth-order valence-corrected chi connectivity index (χ4v) is 4.60. The topological polar surface area (TPSA) is 88.1 Å². The first-order valence-corrected chi connectivity index (χ1v) is 10.5. The minimum Gasteiger partial charge on any atom is -0.496 e. The number of ether oxygens (including phenoxy) is 2. The zero-order chi connectivity index (χ0) is 20.1. The molecule has 0 radical (unpaired) electrons. The number of methoxy groups -OCH3 is 1. The number of rotatable bonds is 4. The van der Waals surface area contributed by atoms with Crippen molar-refractivity contribution in [3.05, 3.63) is 28.2 Å². The standard InChI is InChI=1S/C20H27BrN2O5/c1-27-16-6-5-14(13-15(16)21)17(20(26)7-3-2-4-8-20)18(24)28-19(25)23-11-9-22-10-12-23/h5-6,13,17,22,26H,2-4,7-12H2,1H3. The third-order valence-electron chi connectivity index (χ3n) is 5.56. The molecular weight excluding hydrogens is 428 g/mol. The monoisotopic (exact) mass is 454 g/mol. The van der Waals surface area contributed by atoms with Gasteiger partial charge in [-0.05, 0) is 46.5 Å². The van der Waals surface area contributed by atoms with Crippen LogP contribution in [0.1, 0.15) is 43.6 Å². The first-order valence-electron chi connectivity index (χ1n) is 9.72. The summed E-state index contributed by atoms with van der Waals surface area (Å²) in [7, 11) is 1.56. The van der Waals surface area contributed by atoms with Gasteiger partial charge in [-0.2, -0.15) is 0 Å². The van der Waals surface area contributed by atoms with Gasteiger partial charge in [-0.15, -0.1) is 0 Å². The number of carbonyl (C=O) groups is 2. The van der Waals surface area contributed by atoms with Crippen LogP contribution < -0.4 is 10.1 Å². The normalized spacial score (nSPS) is 20.3. The molecule has 3 rings (SSSR count). The lowest BCUT2D eigenvalue weighted by Crippen LogP contribution is -2.49. The van der Waals surface area contributed by atoms with E-state index in [1.54, 1.807) is 25.3 Å². The molecular formula is C20H27BrN2O5. The van der Waals surface area contributed by atoms with E-state index >= 15 is 0 Å². The van der Waals surface area contributed by atoms with E-state index in [2.05, 4.69) is 21.2 Å². The number of amides is 1. The molecule has 0 spiro atoms. The summed E-state index contributed by atoms with van der Waals surface area (Å²) < 4.78 is 11.2. The summed E-state index contributed by atoms with van der Waals surface area (Å²) in [4.78, 5) is 27.0. The maximum atomic E-state index is 13.1. The molecule has 8 heteroatoms. The molecule has 154 valence electrons. The highest BCUT2D eigenvalue weighted by Crippen LogP contribution is 2.42. The molecule has 1 aliphatic carbocycles. The average Bonchev–Trinajstić information content (AvgIpc) is 2.69. The Bertz CT molecular complexity index is 715. The van der Waals surface area contributed by atoms with Crippen molar-refractivity contribution in [1.82, 2.24) is 10.2 Å². The number of halogens is 1. The van der Waals surface area contributed by atoms with Crippen molar-refractivity contribution in [2.24, 2.45) is 0 Å². The Morgan fingerprint density at radius 3 is 2.50 bits per heavy atom. The van der Waals surface area contributed by atoms with Crippen LogP contribution in [0.5, 0.6) is 5.75 Å². The summed E-state index contributed by atoms with van der Waals surface area (Å²) >= 11 is 3.44. The van der Waals surface area contributed by atoms with Crippen molar-refractivity contribution >= 4 is 28.0 Å². The maximum Gasteiger partial charge on any atom is 0.417 e. The number of nitrogens with one attached hydrogen (secondary N) is 1. The van der Waals surface area contributed by atoms with E-state index in [0.717, 1.165) is 19.3 Å². The molecule has 0 aromatic heterocycles. The molecule has 1 aliphatic heterocycles. The van der Waals surface area contributed by atoms with E-state index in [1.807, 2.05) is 0 Å². The van der Waals surface area contributed by atoms with Crippen LogP contribution >= 0.6 is 15.9 Å². The Hall–Kier alpha value is -1.64. The van der Waals surface area contributed by atoms with Crippen molar-refractivity contribution in [3.63, 3.8) is 0 Å². The van der Waals surface area contributed by atoms with Gasteiger partial charge in [0, 0.05) is 26.2 Å². The van der Waals surface area contributed by atoms with E-state index in [1.165, 1.54) is 4.90 Å². The summed E-state index contributed by atoms with van der Waals surface area (Å²) in [6.07, 6.45) is 3.04. The van der Waals surface area contributed by atoms with Gasteiger partial charge in [0.25, 0.3) is 0 Å². The number of carbonyl (C=O) groups excluding carboxylic acids is 2. The number of hydrogen-bond donors (Lipinski definition) is 2. The van der Waals surface area contributed by atoms with Crippen molar-refractivity contribution < 1.29 is 24.2 Å². The fourth-order valence-electron chi connectivity index (χ4n) is 4.04. The van der Waals surface area contributed by atoms with Crippen LogP contribution in [0.4, 0.5) is 4.79 Å². The second-order valence-electron chi connectivity index (χ2n) is 7.42. The van der Waals surface area contributed by atoms with Crippen molar-refractivity contribution in [3.8, 4) is 5.75 Å². The highest BCUT2D eigenvalue weighted by molar-refractivity contribution is 9.10. The molecule has 1 aromatic carbocycles. The van der Waals surface area contributed by atoms with Crippen molar-refractivity contribution in [1.29, 1.82) is 0 Å². The number of aliphatic hydroxyl groups is 1. The summed E-state index contributed by atoms with van der Waals surface area (Å²) in [6.45, 7) is 2.33. The van der Waals surface area contributed by atoms with E-state index < -0.39 is 23.6 Å². The molecule has 2 aliphatic rings. The third kappa shape index (κ3) is 4.67. The predicted octanol–water partition coefficient (Wildman–Crippen LogP) is 2.80. The molecule has 2 fully saturated rings. The van der Waals surface area contributed by atoms with Gasteiger partial charge in [0.15, 0.2) is 0 Å². The van der Waals surface area contributed by atoms with Crippen LogP contribution in [-0.4, -0.2) is 61.0 Å². The molecule has 0 bridgehead atoms. The molecule has 1 saturated heterocycles. The summed E-state index contributed by atoms with van der Waals surface area (Å²) in [5.41, 5.74) is -0.622. The fraction of sp³-hybridized carbons (Fsp3) is 0.600. The van der Waals surface area contributed by atoms with Gasteiger partial charge in [-0.1, -0.05) is 25.3 Å². The zero-order valence-corrected chi connectivity index (χ0v) is 17.7. The van der Waals surface area contributed by atoms with E-state index in [9.17, 15) is 14.7 Å². The summed E-state index contributed by atoms with van der Waals surface area (Å²) in [5.74, 6) is -1.00. The average molecular weight is 455 g/mol. The first-order chi connectivity index (χ1) is 13.4. The number of hydrogen-bond acceptors (Lipinski definition) is 6. The van der Waals surface area contributed by atoms with Crippen molar-refractivity contribution in [2.45, 2.75) is 43.6 Å². The summed E-state index contributed by atoms with van der Waals surface area (Å²) in [6, 6.07) is 5.24. The Morgan fingerprint density at radius 2 is 1.89 bits per heavy atom. The van der Waals surface area contributed by atoms with Crippen LogP contribution in [0, 0.1) is 0 Å². The Labute approximate surface area is 173 Å². The molecule has 1 unspecified atom stereocenters. The van der Waals surface area contributed by atoms with Gasteiger partial charge in [0.1, 0.15) is 11.7 Å². The molecule has 1 heterocycles. The molecule has 1 atom stereocenters. The highest BCUT2D eigenvalue weighted by Gasteiger charge is 2.45. The van der Waals surface area contributed by atoms with Crippen LogP contribution in [0.2, 0.25) is 0 Å². The Morgan fingerprint density at radius 1 is 1.21 bits per heavy atom. The minimum absolute atomic E-state index is 0.495. The van der Waals surface area contributed by atoms with Crippen LogP contribution in [0.15, 0.2) is 22.7 Å². The number of piperazine rings is 1. The number of nitrogens with zero attached hydrogens (tertiary/aromatic N) is 1. The lowest BCUT2D eigenvalue weighted by molar-refractivity contribution is -0.149. The maximum absolute atomic E-state index is 13.1. The lowest BCUT2D eigenvalue weighted by Gasteiger charge is -2.38. The van der Waals surface area contributed by atoms with Gasteiger partial charge < -0.3 is 24.8 Å². The minimum atomic E-state index is -1.23. The van der Waals surface area contributed by atoms with E-state index in [4.69, 9.17) is 9.47 Å². The molecule has 1 saturated carbocycles. The highest BCUT2D eigenvalue weighted by atomic mass is 79.9. The molecule has 2 N–H and O–H groups in total. The van der Waals surface area contributed by atoms with Crippen LogP contribution in [0.25, 0.3) is 0 Å². The van der Waals surface area contributed by atoms with Gasteiger partial charge in [-0.25, -0.2) is 4.79 Å². The van der Waals surface area contributed by atoms with Crippen molar-refractivity contribution in [2.75, 3.05) is 33.3 Å². The SMILES string of the molecule is COc1ccc(C(C(=O)OC(=O)N2CCNCC2)C2(O)CCCCC2)cc1Br. The third-order valence-corrected chi connectivity index (χ3v) is 6.18. The summed E-state index contributed by atoms with van der Waals surface area (Å²) in [5, 5.41) is 14.5. The quantitative estimate of drug-likeness (QED) is 0.537. The molecule has 1 amide bonds. The molecule has 28 heavy (non-hydrogen) atoms. The zero-order valence-electron chi connectivity index (χ0n) is 16.1. The van der Waals surface area contributed by atoms with E-state index in [-0.39, 0.29) is 0 Å². The van der Waals surface area contributed by atoms with Gasteiger partial charge in [0.05, 0.1) is 17.2 Å². The first kappa shape index (κ1) is 21.1. The number of benzene rings is 1. The van der Waals surface area contributed by atoms with Crippen LogP contribution in [-0.2, 0) is 9.53 Å². The van der Waals surface area contributed by atoms with Gasteiger partial charge in [-0.3, -0.25) is 4.79 Å². The molecule has 7 nitrogen and oxygen atoms in total. The predicted molar refractivity (Wildman–Crippen MR) is 107 cm³/mol. The lowest BCUT2D eigenvalue weighted by atomic mass is 9.73.